The maximum atomic E-state index is 10.7. The summed E-state index contributed by atoms with van der Waals surface area (Å²) < 4.78 is 63.4. The van der Waals surface area contributed by atoms with Gasteiger partial charge >= 0.3 is 5.51 Å². The molecule has 6 nitrogen and oxygen atoms in total. The minimum atomic E-state index is -6.09. The first-order chi connectivity index (χ1) is 16.5. The molecule has 0 aliphatic heterocycles. The number of thiazole rings is 2. The van der Waals surface area contributed by atoms with Crippen LogP contribution in [-0.2, 0) is 23.6 Å². The summed E-state index contributed by atoms with van der Waals surface area (Å²) in [6, 6.07) is 21.1. The zero-order chi connectivity index (χ0) is 25.2. The van der Waals surface area contributed by atoms with Crippen molar-refractivity contribution < 1.29 is 30.7 Å². The van der Waals surface area contributed by atoms with Gasteiger partial charge in [-0.1, -0.05) is 24.3 Å². The van der Waals surface area contributed by atoms with Crippen LogP contribution in [0.3, 0.4) is 0 Å². The van der Waals surface area contributed by atoms with Crippen LogP contribution in [0.5, 0.6) is 0 Å². The van der Waals surface area contributed by atoms with Gasteiger partial charge in [0.1, 0.15) is 17.1 Å². The van der Waals surface area contributed by atoms with Crippen LogP contribution in [-0.4, -0.2) is 28.4 Å². The van der Waals surface area contributed by atoms with Gasteiger partial charge in [-0.05, 0) is 36.2 Å². The summed E-state index contributed by atoms with van der Waals surface area (Å²) in [5.74, 6) is 0.174. The highest BCUT2D eigenvalue weighted by atomic mass is 32.2. The Morgan fingerprint density at radius 3 is 1.71 bits per heavy atom. The van der Waals surface area contributed by atoms with Gasteiger partial charge < -0.3 is 4.55 Å². The molecule has 0 amide bonds. The molecule has 3 aromatic heterocycles. The monoisotopic (exact) mass is 537 g/mol. The lowest BCUT2D eigenvalue weighted by molar-refractivity contribution is -0.671. The molecule has 2 aromatic carbocycles. The van der Waals surface area contributed by atoms with Crippen LogP contribution >= 0.6 is 22.7 Å². The topological polar surface area (TPSA) is 86.9 Å². The molecule has 0 bridgehead atoms. The Bertz CT molecular complexity index is 1420. The first kappa shape index (κ1) is 25.2. The van der Waals surface area contributed by atoms with Crippen LogP contribution in [0.2, 0.25) is 0 Å². The van der Waals surface area contributed by atoms with Gasteiger partial charge in [-0.25, -0.2) is 23.0 Å². The van der Waals surface area contributed by atoms with Gasteiger partial charge in [-0.15, -0.1) is 22.7 Å². The van der Waals surface area contributed by atoms with Gasteiger partial charge in [0.25, 0.3) is 0 Å². The van der Waals surface area contributed by atoms with Crippen molar-refractivity contribution in [1.29, 1.82) is 0 Å². The van der Waals surface area contributed by atoms with Gasteiger partial charge in [0, 0.05) is 12.1 Å². The molecule has 5 aromatic rings. The summed E-state index contributed by atoms with van der Waals surface area (Å²) in [6.07, 6.45) is 5.10. The van der Waals surface area contributed by atoms with E-state index < -0.39 is 15.6 Å². The minimum absolute atomic E-state index is 0.174. The predicted molar refractivity (Wildman–Crippen MR) is 128 cm³/mol. The number of pyridine rings is 1. The van der Waals surface area contributed by atoms with Gasteiger partial charge in [0.05, 0.1) is 26.4 Å². The number of benzene rings is 2. The number of para-hydroxylation sites is 2. The molecule has 0 saturated carbocycles. The molecule has 182 valence electrons. The summed E-state index contributed by atoms with van der Waals surface area (Å²) in [5.41, 5.74) is -2.20. The van der Waals surface area contributed by atoms with E-state index in [9.17, 15) is 13.2 Å². The molecular formula is C23H18F3N3O3S3. The molecular weight excluding hydrogens is 519 g/mol. The second-order valence-electron chi connectivity index (χ2n) is 7.57. The fraction of sp³-hybridized carbons (Fsp3) is 0.174. The normalized spacial score (nSPS) is 12.2. The van der Waals surface area contributed by atoms with Gasteiger partial charge in [-0.3, -0.25) is 0 Å². The Labute approximate surface area is 207 Å². The number of fused-ring (bicyclic) bond motifs is 2. The number of nitrogens with zero attached hydrogens (tertiary/aromatic N) is 3. The first-order valence-electron chi connectivity index (χ1n) is 10.2. The Morgan fingerprint density at radius 2 is 1.31 bits per heavy atom. The fourth-order valence-corrected chi connectivity index (χ4v) is 5.48. The number of hydrogen-bond acceptors (Lipinski definition) is 7. The number of rotatable bonds is 4. The molecule has 0 spiro atoms. The average Bonchev–Trinajstić information content (AvgIpc) is 3.42. The van der Waals surface area contributed by atoms with Crippen LogP contribution in [0, 0.1) is 0 Å². The predicted octanol–water partition coefficient (Wildman–Crippen LogP) is 5.16. The lowest BCUT2D eigenvalue weighted by atomic mass is 10.0. The Hall–Kier alpha value is -2.93. The molecule has 0 aliphatic carbocycles. The van der Waals surface area contributed by atoms with Crippen LogP contribution < -0.4 is 4.57 Å². The van der Waals surface area contributed by atoms with E-state index >= 15 is 0 Å². The number of hydrogen-bond donors (Lipinski definition) is 0. The van der Waals surface area contributed by atoms with Crippen molar-refractivity contribution in [3.05, 3.63) is 88.6 Å². The highest BCUT2D eigenvalue weighted by Crippen LogP contribution is 2.37. The molecule has 0 unspecified atom stereocenters. The second-order valence-corrected chi connectivity index (χ2v) is 11.1. The lowest BCUT2D eigenvalue weighted by Crippen LogP contribution is -2.26. The maximum Gasteiger partial charge on any atom is 0.485 e. The Morgan fingerprint density at radius 1 is 0.886 bits per heavy atom. The third-order valence-electron chi connectivity index (χ3n) is 4.99. The number of aryl methyl sites for hydroxylation is 1. The van der Waals surface area contributed by atoms with Crippen molar-refractivity contribution in [2.24, 2.45) is 7.05 Å². The zero-order valence-electron chi connectivity index (χ0n) is 18.1. The van der Waals surface area contributed by atoms with Crippen molar-refractivity contribution in [2.45, 2.75) is 17.8 Å². The van der Waals surface area contributed by atoms with E-state index in [-0.39, 0.29) is 5.92 Å². The average molecular weight is 538 g/mol. The molecule has 0 aliphatic rings. The van der Waals surface area contributed by atoms with E-state index in [0.717, 1.165) is 27.5 Å². The quantitative estimate of drug-likeness (QED) is 0.180. The van der Waals surface area contributed by atoms with E-state index in [0.29, 0.717) is 0 Å². The van der Waals surface area contributed by atoms with Crippen LogP contribution in [0.4, 0.5) is 13.2 Å². The molecule has 0 radical (unpaired) electrons. The zero-order valence-corrected chi connectivity index (χ0v) is 20.6. The third kappa shape index (κ3) is 6.01. The fourth-order valence-electron chi connectivity index (χ4n) is 3.26. The van der Waals surface area contributed by atoms with Gasteiger partial charge in [0.2, 0.25) is 0 Å². The molecule has 0 saturated heterocycles. The lowest BCUT2D eigenvalue weighted by Gasteiger charge is -2.11. The third-order valence-corrected chi connectivity index (χ3v) is 7.85. The SMILES string of the molecule is C[n+]1ccc(CC(c2nc3ccccc3s2)c2nc3ccccc3s2)cc1.O=S(=O)([O-])C(F)(F)F. The molecule has 0 atom stereocenters. The van der Waals surface area contributed by atoms with Crippen LogP contribution in [0.15, 0.2) is 73.1 Å². The Kier molecular flexibility index (Phi) is 7.17. The van der Waals surface area contributed by atoms with E-state index in [1.807, 2.05) is 7.05 Å². The standard InChI is InChI=1S/C22H18N3S2.CHF3O3S/c1-25-12-10-15(11-13-25)14-16(21-23-17-6-2-4-8-19(17)26-21)22-24-18-7-3-5-9-20(18)27-22;2-1(3,4)8(5,6)7/h2-13,16H,14H2,1H3;(H,5,6,7)/q+1;/p-1. The van der Waals surface area contributed by atoms with Gasteiger partial charge in [-0.2, -0.15) is 13.2 Å². The maximum absolute atomic E-state index is 10.7. The van der Waals surface area contributed by atoms with Crippen molar-refractivity contribution in [1.82, 2.24) is 9.97 Å². The Balaban J connectivity index is 0.000000314. The van der Waals surface area contributed by atoms with Crippen LogP contribution in [0.25, 0.3) is 20.4 Å². The molecule has 3 heterocycles. The van der Waals surface area contributed by atoms with Crippen molar-refractivity contribution in [3.63, 3.8) is 0 Å². The van der Waals surface area contributed by atoms with Crippen molar-refractivity contribution in [2.75, 3.05) is 0 Å². The van der Waals surface area contributed by atoms with E-state index in [1.165, 1.54) is 15.0 Å². The largest absolute Gasteiger partial charge is 0.741 e. The molecule has 0 N–H and O–H groups in total. The minimum Gasteiger partial charge on any atom is -0.741 e. The summed E-state index contributed by atoms with van der Waals surface area (Å²) >= 11 is 3.57. The summed E-state index contributed by atoms with van der Waals surface area (Å²) in [5, 5.41) is 2.28. The summed E-state index contributed by atoms with van der Waals surface area (Å²) in [4.78, 5) is 9.91. The van der Waals surface area contributed by atoms with Crippen LogP contribution in [0.1, 0.15) is 21.5 Å². The molecule has 35 heavy (non-hydrogen) atoms. The second kappa shape index (κ2) is 9.97. The number of halogens is 3. The van der Waals surface area contributed by atoms with Gasteiger partial charge in [0.15, 0.2) is 22.5 Å². The highest BCUT2D eigenvalue weighted by Gasteiger charge is 2.36. The van der Waals surface area contributed by atoms with E-state index in [4.69, 9.17) is 22.9 Å². The number of alkyl halides is 3. The summed E-state index contributed by atoms with van der Waals surface area (Å²) in [6.45, 7) is 0. The van der Waals surface area contributed by atoms with E-state index in [1.54, 1.807) is 22.7 Å². The van der Waals surface area contributed by atoms with Crippen molar-refractivity contribution in [3.8, 4) is 0 Å². The van der Waals surface area contributed by atoms with E-state index in [2.05, 4.69) is 77.6 Å². The molecule has 0 fully saturated rings. The summed E-state index contributed by atoms with van der Waals surface area (Å²) in [7, 11) is -4.05. The first-order valence-corrected chi connectivity index (χ1v) is 13.2. The highest BCUT2D eigenvalue weighted by molar-refractivity contribution is 7.86. The molecule has 5 rings (SSSR count). The molecule has 12 heteroatoms. The smallest absolute Gasteiger partial charge is 0.485 e. The van der Waals surface area contributed by atoms with Crippen molar-refractivity contribution >= 4 is 53.2 Å². The number of aromatic nitrogens is 3.